The van der Waals surface area contributed by atoms with Crippen molar-refractivity contribution in [2.24, 2.45) is 0 Å². The molecule has 0 radical (unpaired) electrons. The number of nitrogens with zero attached hydrogens (tertiary/aromatic N) is 2. The minimum atomic E-state index is -4.98. The first kappa shape index (κ1) is 26.7. The smallest absolute Gasteiger partial charge is 0.325 e. The molecular weight excluding hydrogens is 496 g/mol. The number of piperazine rings is 1. The molecule has 1 aliphatic rings. The number of hydrogen-bond acceptors (Lipinski definition) is 3. The van der Waals surface area contributed by atoms with E-state index in [1.165, 1.54) is 0 Å². The van der Waals surface area contributed by atoms with E-state index >= 15 is 0 Å². The van der Waals surface area contributed by atoms with E-state index < -0.39 is 35.1 Å². The molecule has 3 aromatic carbocycles. The Morgan fingerprint density at radius 1 is 0.730 bits per heavy atom. The second kappa shape index (κ2) is 10.9. The van der Waals surface area contributed by atoms with Crippen LogP contribution in [0.1, 0.15) is 28.3 Å². The zero-order chi connectivity index (χ0) is 26.6. The Bertz CT molecular complexity index is 1120. The van der Waals surface area contributed by atoms with Crippen molar-refractivity contribution in [3.05, 3.63) is 101 Å². The van der Waals surface area contributed by atoms with Gasteiger partial charge in [-0.15, -0.1) is 0 Å². The van der Waals surface area contributed by atoms with Crippen molar-refractivity contribution in [3.63, 3.8) is 0 Å². The highest BCUT2D eigenvalue weighted by atomic mass is 19.4. The van der Waals surface area contributed by atoms with Gasteiger partial charge < -0.3 is 5.32 Å². The summed E-state index contributed by atoms with van der Waals surface area (Å²) >= 11 is 0. The van der Waals surface area contributed by atoms with Crippen molar-refractivity contribution in [2.75, 3.05) is 38.0 Å². The maximum absolute atomic E-state index is 13.1. The van der Waals surface area contributed by atoms with Gasteiger partial charge in [0.2, 0.25) is 5.91 Å². The summed E-state index contributed by atoms with van der Waals surface area (Å²) in [6.07, 6.45) is -9.96. The lowest BCUT2D eigenvalue weighted by atomic mass is 9.96. The monoisotopic (exact) mass is 521 g/mol. The zero-order valence-electron chi connectivity index (χ0n) is 19.7. The van der Waals surface area contributed by atoms with Crippen molar-refractivity contribution in [1.29, 1.82) is 0 Å². The van der Waals surface area contributed by atoms with Gasteiger partial charge in [-0.1, -0.05) is 60.7 Å². The van der Waals surface area contributed by atoms with Gasteiger partial charge in [-0.05, 0) is 29.3 Å². The first-order valence-electron chi connectivity index (χ1n) is 11.7. The first-order chi connectivity index (χ1) is 17.5. The molecule has 0 aromatic heterocycles. The molecule has 0 aliphatic carbocycles. The molecule has 0 spiro atoms. The summed E-state index contributed by atoms with van der Waals surface area (Å²) in [5, 5.41) is 2.21. The maximum atomic E-state index is 13.1. The number of rotatable bonds is 6. The predicted octanol–water partition coefficient (Wildman–Crippen LogP) is 6.07. The molecule has 0 atom stereocenters. The number of anilines is 1. The fourth-order valence-corrected chi connectivity index (χ4v) is 4.50. The summed E-state index contributed by atoms with van der Waals surface area (Å²) < 4.78 is 78.6. The van der Waals surface area contributed by atoms with Crippen molar-refractivity contribution in [1.82, 2.24) is 9.80 Å². The van der Waals surface area contributed by atoms with E-state index in [0.717, 1.165) is 11.1 Å². The Balaban J connectivity index is 1.41. The average molecular weight is 522 g/mol. The largest absolute Gasteiger partial charge is 0.416 e. The third-order valence-electron chi connectivity index (χ3n) is 6.24. The minimum absolute atomic E-state index is 0.0178. The molecule has 0 unspecified atom stereocenters. The van der Waals surface area contributed by atoms with Gasteiger partial charge in [-0.2, -0.15) is 26.3 Å². The third kappa shape index (κ3) is 6.90. The SMILES string of the molecule is O=C(CN1CCN(C(c2ccccc2)c2ccccc2)CC1)Nc1cc(C(F)(F)F)cc(C(F)(F)F)c1. The van der Waals surface area contributed by atoms with Crippen LogP contribution in [0.15, 0.2) is 78.9 Å². The Hall–Kier alpha value is -3.37. The molecule has 196 valence electrons. The van der Waals surface area contributed by atoms with E-state index in [9.17, 15) is 31.1 Å². The van der Waals surface area contributed by atoms with Crippen LogP contribution in [0.2, 0.25) is 0 Å². The number of carbonyl (C=O) groups excluding carboxylic acids is 1. The van der Waals surface area contributed by atoms with E-state index in [1.54, 1.807) is 0 Å². The molecule has 1 N–H and O–H groups in total. The highest BCUT2D eigenvalue weighted by molar-refractivity contribution is 5.92. The highest BCUT2D eigenvalue weighted by Gasteiger charge is 2.37. The van der Waals surface area contributed by atoms with E-state index in [-0.39, 0.29) is 18.7 Å². The summed E-state index contributed by atoms with van der Waals surface area (Å²) in [4.78, 5) is 16.7. The quantitative estimate of drug-likeness (QED) is 0.400. The topological polar surface area (TPSA) is 35.6 Å². The van der Waals surface area contributed by atoms with Crippen LogP contribution >= 0.6 is 0 Å². The first-order valence-corrected chi connectivity index (χ1v) is 11.7. The molecule has 1 fully saturated rings. The lowest BCUT2D eigenvalue weighted by Gasteiger charge is -2.39. The predicted molar refractivity (Wildman–Crippen MR) is 128 cm³/mol. The number of alkyl halides is 6. The molecule has 1 heterocycles. The molecule has 37 heavy (non-hydrogen) atoms. The molecule has 10 heteroatoms. The number of carbonyl (C=O) groups is 1. The molecule has 0 bridgehead atoms. The van der Waals surface area contributed by atoms with E-state index in [4.69, 9.17) is 0 Å². The van der Waals surface area contributed by atoms with Gasteiger partial charge in [0.15, 0.2) is 0 Å². The lowest BCUT2D eigenvalue weighted by molar-refractivity contribution is -0.143. The summed E-state index contributed by atoms with van der Waals surface area (Å²) in [7, 11) is 0. The fraction of sp³-hybridized carbons (Fsp3) is 0.296. The van der Waals surface area contributed by atoms with Gasteiger partial charge in [0.25, 0.3) is 0 Å². The Morgan fingerprint density at radius 3 is 1.62 bits per heavy atom. The van der Waals surface area contributed by atoms with Crippen LogP contribution in [0, 0.1) is 0 Å². The van der Waals surface area contributed by atoms with E-state index in [1.807, 2.05) is 41.3 Å². The standard InChI is InChI=1S/C27H25F6N3O/c28-26(29,30)21-15-22(27(31,32)33)17-23(16-21)34-24(37)18-35-11-13-36(14-12-35)25(19-7-3-1-4-8-19)20-9-5-2-6-10-20/h1-10,15-17,25H,11-14,18H2,(H,34,37). The summed E-state index contributed by atoms with van der Waals surface area (Å²) in [5.74, 6) is -0.677. The fourth-order valence-electron chi connectivity index (χ4n) is 4.50. The van der Waals surface area contributed by atoms with Gasteiger partial charge in [0, 0.05) is 31.9 Å². The lowest BCUT2D eigenvalue weighted by Crippen LogP contribution is -2.49. The molecule has 4 nitrogen and oxygen atoms in total. The zero-order valence-corrected chi connectivity index (χ0v) is 19.7. The van der Waals surface area contributed by atoms with Gasteiger partial charge in [-0.3, -0.25) is 14.6 Å². The second-order valence-electron chi connectivity index (χ2n) is 8.88. The molecule has 1 amide bonds. The van der Waals surface area contributed by atoms with Gasteiger partial charge >= 0.3 is 12.4 Å². The molecule has 1 aliphatic heterocycles. The number of hydrogen-bond donors (Lipinski definition) is 1. The van der Waals surface area contributed by atoms with Crippen LogP contribution in [-0.2, 0) is 17.1 Å². The van der Waals surface area contributed by atoms with Gasteiger partial charge in [-0.25, -0.2) is 0 Å². The van der Waals surface area contributed by atoms with Crippen LogP contribution in [-0.4, -0.2) is 48.4 Å². The molecule has 0 saturated carbocycles. The molecule has 3 aromatic rings. The van der Waals surface area contributed by atoms with Crippen LogP contribution in [0.4, 0.5) is 32.0 Å². The molecule has 1 saturated heterocycles. The molecule has 4 rings (SSSR count). The van der Waals surface area contributed by atoms with Crippen molar-refractivity contribution in [2.45, 2.75) is 18.4 Å². The number of halogens is 6. The van der Waals surface area contributed by atoms with E-state index in [2.05, 4.69) is 34.5 Å². The Morgan fingerprint density at radius 2 is 1.19 bits per heavy atom. The third-order valence-corrected chi connectivity index (χ3v) is 6.24. The number of nitrogens with one attached hydrogen (secondary N) is 1. The summed E-state index contributed by atoms with van der Waals surface area (Å²) in [6, 6.07) is 21.1. The second-order valence-corrected chi connectivity index (χ2v) is 8.88. The summed E-state index contributed by atoms with van der Waals surface area (Å²) in [5.41, 5.74) is -1.23. The summed E-state index contributed by atoms with van der Waals surface area (Å²) in [6.45, 7) is 2.14. The van der Waals surface area contributed by atoms with Gasteiger partial charge in [0.1, 0.15) is 0 Å². The van der Waals surface area contributed by atoms with Crippen molar-refractivity contribution in [3.8, 4) is 0 Å². The molecular formula is C27H25F6N3O. The number of benzene rings is 3. The van der Waals surface area contributed by atoms with E-state index in [0.29, 0.717) is 38.3 Å². The van der Waals surface area contributed by atoms with Crippen LogP contribution in [0.25, 0.3) is 0 Å². The highest BCUT2D eigenvalue weighted by Crippen LogP contribution is 2.37. The Labute approximate surface area is 210 Å². The van der Waals surface area contributed by atoms with Crippen LogP contribution in [0.5, 0.6) is 0 Å². The van der Waals surface area contributed by atoms with Gasteiger partial charge in [0.05, 0.1) is 23.7 Å². The average Bonchev–Trinajstić information content (AvgIpc) is 2.85. The normalized spacial score (nSPS) is 15.6. The maximum Gasteiger partial charge on any atom is 0.416 e. The van der Waals surface area contributed by atoms with Crippen molar-refractivity contribution >= 4 is 11.6 Å². The van der Waals surface area contributed by atoms with Crippen LogP contribution in [0.3, 0.4) is 0 Å². The Kier molecular flexibility index (Phi) is 7.89. The minimum Gasteiger partial charge on any atom is -0.325 e. The van der Waals surface area contributed by atoms with Crippen LogP contribution < -0.4 is 5.32 Å². The number of amides is 1. The van der Waals surface area contributed by atoms with Crippen molar-refractivity contribution < 1.29 is 31.1 Å².